The van der Waals surface area contributed by atoms with E-state index in [0.717, 1.165) is 9.88 Å². The van der Waals surface area contributed by atoms with Crippen molar-refractivity contribution < 1.29 is 8.78 Å². The minimum absolute atomic E-state index is 0.177. The molecule has 0 saturated heterocycles. The van der Waals surface area contributed by atoms with E-state index in [4.69, 9.17) is 5.73 Å². The minimum atomic E-state index is -2.50. The maximum Gasteiger partial charge on any atom is 0.256 e. The van der Waals surface area contributed by atoms with Gasteiger partial charge in [0.15, 0.2) is 0 Å². The third-order valence-corrected chi connectivity index (χ3v) is 2.64. The van der Waals surface area contributed by atoms with Crippen molar-refractivity contribution in [2.24, 2.45) is 5.73 Å². The van der Waals surface area contributed by atoms with Crippen molar-refractivity contribution in [2.75, 3.05) is 0 Å². The molecule has 74 valence electrons. The maximum absolute atomic E-state index is 12.4. The summed E-state index contributed by atoms with van der Waals surface area (Å²) >= 11 is 1.41. The number of hydrogen-bond donors (Lipinski definition) is 1. The van der Waals surface area contributed by atoms with Gasteiger partial charge in [-0.3, -0.25) is 0 Å². The molecule has 1 aromatic rings. The van der Waals surface area contributed by atoms with E-state index in [9.17, 15) is 8.78 Å². The summed E-state index contributed by atoms with van der Waals surface area (Å²) in [7, 11) is 0. The van der Waals surface area contributed by atoms with Crippen LogP contribution in [0.2, 0.25) is 0 Å². The smallest absolute Gasteiger partial charge is 0.256 e. The highest BCUT2D eigenvalue weighted by atomic mass is 32.1. The van der Waals surface area contributed by atoms with Crippen molar-refractivity contribution in [3.63, 3.8) is 0 Å². The minimum Gasteiger partial charge on any atom is -0.320 e. The van der Waals surface area contributed by atoms with Gasteiger partial charge >= 0.3 is 0 Å². The summed E-state index contributed by atoms with van der Waals surface area (Å²) in [6.07, 6.45) is -0.723. The zero-order valence-corrected chi connectivity index (χ0v) is 8.37. The molecule has 0 aromatic carbocycles. The maximum atomic E-state index is 12.4. The van der Waals surface area contributed by atoms with E-state index in [0.29, 0.717) is 0 Å². The number of nitrogens with zero attached hydrogens (tertiary/aromatic N) is 1. The molecule has 1 aromatic heterocycles. The second-order valence-electron chi connectivity index (χ2n) is 3.33. The molecule has 13 heavy (non-hydrogen) atoms. The molecule has 0 bridgehead atoms. The zero-order chi connectivity index (χ0) is 10.1. The topological polar surface area (TPSA) is 38.9 Å². The van der Waals surface area contributed by atoms with Gasteiger partial charge in [0, 0.05) is 17.5 Å². The Labute approximate surface area is 79.8 Å². The monoisotopic (exact) mass is 206 g/mol. The summed E-state index contributed by atoms with van der Waals surface area (Å²) in [5, 5.41) is 0.875. The van der Waals surface area contributed by atoms with Crippen LogP contribution in [0.3, 0.4) is 0 Å². The highest BCUT2D eigenvalue weighted by molar-refractivity contribution is 7.11. The fraction of sp³-hybridized carbons (Fsp3) is 0.625. The van der Waals surface area contributed by atoms with E-state index in [1.807, 2.05) is 6.92 Å². The first-order chi connectivity index (χ1) is 5.92. The van der Waals surface area contributed by atoms with Gasteiger partial charge in [0.1, 0.15) is 0 Å². The molecule has 0 fully saturated rings. The zero-order valence-electron chi connectivity index (χ0n) is 7.55. The first kappa shape index (κ1) is 10.5. The first-order valence-corrected chi connectivity index (χ1v) is 4.72. The van der Waals surface area contributed by atoms with Crippen LogP contribution in [0.15, 0.2) is 6.20 Å². The van der Waals surface area contributed by atoms with E-state index in [1.54, 1.807) is 6.20 Å². The normalized spacial score (nSPS) is 16.2. The van der Waals surface area contributed by atoms with Crippen molar-refractivity contribution >= 4 is 11.3 Å². The summed E-state index contributed by atoms with van der Waals surface area (Å²) in [5.41, 5.74) is 3.98. The van der Waals surface area contributed by atoms with Crippen LogP contribution >= 0.6 is 11.3 Å². The van der Waals surface area contributed by atoms with Gasteiger partial charge in [-0.1, -0.05) is 0 Å². The molecular weight excluding hydrogens is 194 g/mol. The van der Waals surface area contributed by atoms with Gasteiger partial charge in [0.25, 0.3) is 6.43 Å². The fourth-order valence-corrected chi connectivity index (χ4v) is 1.91. The summed E-state index contributed by atoms with van der Waals surface area (Å²) in [6, 6.07) is 0. The lowest BCUT2D eigenvalue weighted by Crippen LogP contribution is -2.45. The third kappa shape index (κ3) is 2.70. The van der Waals surface area contributed by atoms with Gasteiger partial charge in [0.05, 0.1) is 10.5 Å². The Balaban J connectivity index is 2.68. The standard InChI is InChI=1S/C8H12F2N2S/c1-5-12-4-6(13-5)3-8(2,11)7(9)10/h4,7H,3,11H2,1-2H3. The number of alkyl halides is 2. The highest BCUT2D eigenvalue weighted by Crippen LogP contribution is 2.21. The predicted molar refractivity (Wildman–Crippen MR) is 49.2 cm³/mol. The summed E-state index contributed by atoms with van der Waals surface area (Å²) in [5.74, 6) is 0. The SMILES string of the molecule is Cc1ncc(CC(C)(N)C(F)F)s1. The summed E-state index contributed by atoms with van der Waals surface area (Å²) in [6.45, 7) is 3.19. The molecule has 0 spiro atoms. The molecule has 1 unspecified atom stereocenters. The lowest BCUT2D eigenvalue weighted by Gasteiger charge is -2.22. The van der Waals surface area contributed by atoms with E-state index >= 15 is 0 Å². The van der Waals surface area contributed by atoms with Crippen LogP contribution in [-0.2, 0) is 6.42 Å². The van der Waals surface area contributed by atoms with E-state index in [-0.39, 0.29) is 6.42 Å². The van der Waals surface area contributed by atoms with Gasteiger partial charge in [-0.2, -0.15) is 0 Å². The average Bonchev–Trinajstić information content (AvgIpc) is 2.34. The molecule has 0 amide bonds. The number of nitrogens with two attached hydrogens (primary N) is 1. The number of aryl methyl sites for hydroxylation is 1. The van der Waals surface area contributed by atoms with Gasteiger partial charge in [-0.15, -0.1) is 11.3 Å². The van der Waals surface area contributed by atoms with Crippen LogP contribution in [-0.4, -0.2) is 16.9 Å². The van der Waals surface area contributed by atoms with Crippen LogP contribution in [0.4, 0.5) is 8.78 Å². The van der Waals surface area contributed by atoms with Crippen LogP contribution in [0.25, 0.3) is 0 Å². The molecule has 1 heterocycles. The number of aromatic nitrogens is 1. The van der Waals surface area contributed by atoms with E-state index < -0.39 is 12.0 Å². The van der Waals surface area contributed by atoms with Crippen LogP contribution in [0.1, 0.15) is 16.8 Å². The van der Waals surface area contributed by atoms with Gasteiger partial charge < -0.3 is 5.73 Å². The number of hydrogen-bond acceptors (Lipinski definition) is 3. The van der Waals surface area contributed by atoms with Crippen molar-refractivity contribution in [3.05, 3.63) is 16.1 Å². The molecule has 1 rings (SSSR count). The molecule has 0 radical (unpaired) electrons. The van der Waals surface area contributed by atoms with E-state index in [1.165, 1.54) is 18.3 Å². The number of rotatable bonds is 3. The van der Waals surface area contributed by atoms with Crippen LogP contribution < -0.4 is 5.73 Å². The van der Waals surface area contributed by atoms with Crippen molar-refractivity contribution in [1.82, 2.24) is 4.98 Å². The molecule has 2 nitrogen and oxygen atoms in total. The molecule has 0 aliphatic rings. The molecule has 2 N–H and O–H groups in total. The lowest BCUT2D eigenvalue weighted by atomic mass is 10.00. The Kier molecular flexibility index (Phi) is 2.98. The van der Waals surface area contributed by atoms with Crippen molar-refractivity contribution in [2.45, 2.75) is 32.2 Å². The van der Waals surface area contributed by atoms with E-state index in [2.05, 4.69) is 4.98 Å². The summed E-state index contributed by atoms with van der Waals surface area (Å²) in [4.78, 5) is 4.79. The third-order valence-electron chi connectivity index (χ3n) is 1.72. The quantitative estimate of drug-likeness (QED) is 0.821. The van der Waals surface area contributed by atoms with Crippen molar-refractivity contribution in [3.8, 4) is 0 Å². The van der Waals surface area contributed by atoms with Gasteiger partial charge in [-0.05, 0) is 13.8 Å². The first-order valence-electron chi connectivity index (χ1n) is 3.90. The summed E-state index contributed by atoms with van der Waals surface area (Å²) < 4.78 is 24.7. The molecule has 5 heteroatoms. The molecule has 1 atom stereocenters. The Hall–Kier alpha value is -0.550. The van der Waals surface area contributed by atoms with Crippen LogP contribution in [0, 0.1) is 6.92 Å². The Morgan fingerprint density at radius 1 is 1.69 bits per heavy atom. The second-order valence-corrected chi connectivity index (χ2v) is 4.65. The number of halogens is 2. The highest BCUT2D eigenvalue weighted by Gasteiger charge is 2.30. The van der Waals surface area contributed by atoms with Gasteiger partial charge in [0.2, 0.25) is 0 Å². The fourth-order valence-electron chi connectivity index (χ4n) is 0.940. The Morgan fingerprint density at radius 2 is 2.31 bits per heavy atom. The Morgan fingerprint density at radius 3 is 2.69 bits per heavy atom. The molecule has 0 saturated carbocycles. The molecule has 0 aliphatic carbocycles. The molecular formula is C8H12F2N2S. The Bertz CT molecular complexity index is 283. The second kappa shape index (κ2) is 3.67. The average molecular weight is 206 g/mol. The molecule has 0 aliphatic heterocycles. The van der Waals surface area contributed by atoms with Gasteiger partial charge in [-0.25, -0.2) is 13.8 Å². The largest absolute Gasteiger partial charge is 0.320 e. The predicted octanol–water partition coefficient (Wildman–Crippen LogP) is 1.98. The number of thiazole rings is 1. The lowest BCUT2D eigenvalue weighted by molar-refractivity contribution is 0.0643. The van der Waals surface area contributed by atoms with Crippen LogP contribution in [0.5, 0.6) is 0 Å². The van der Waals surface area contributed by atoms with Crippen molar-refractivity contribution in [1.29, 1.82) is 0 Å².